The lowest BCUT2D eigenvalue weighted by molar-refractivity contribution is -0.139. The van der Waals surface area contributed by atoms with E-state index in [9.17, 15) is 9.59 Å². The number of carbonyl (C=O) groups is 2. The number of H-pyrrole nitrogens is 1. The summed E-state index contributed by atoms with van der Waals surface area (Å²) in [5.74, 6) is 0.0820. The van der Waals surface area contributed by atoms with Crippen molar-refractivity contribution < 1.29 is 9.59 Å². The van der Waals surface area contributed by atoms with Gasteiger partial charge in [0.1, 0.15) is 6.04 Å². The Hall–Kier alpha value is -3.94. The molecule has 2 aromatic heterocycles. The maximum absolute atomic E-state index is 13.3. The molecule has 1 atom stereocenters. The van der Waals surface area contributed by atoms with E-state index >= 15 is 0 Å². The third kappa shape index (κ3) is 3.86. The number of piperidine rings is 1. The lowest BCUT2D eigenvalue weighted by Crippen LogP contribution is -2.62. The Kier molecular flexibility index (Phi) is 5.39. The molecule has 1 spiro atoms. The van der Waals surface area contributed by atoms with Gasteiger partial charge in [-0.1, -0.05) is 36.4 Å². The highest BCUT2D eigenvalue weighted by molar-refractivity contribution is 6.05. The van der Waals surface area contributed by atoms with Crippen LogP contribution in [0.15, 0.2) is 60.9 Å². The molecule has 36 heavy (non-hydrogen) atoms. The minimum atomic E-state index is -0.303. The predicted octanol–water partition coefficient (Wildman–Crippen LogP) is 4.06. The van der Waals surface area contributed by atoms with E-state index in [0.717, 1.165) is 66.6 Å². The van der Waals surface area contributed by atoms with E-state index in [1.165, 1.54) is 0 Å². The number of likely N-dealkylation sites (tertiary alicyclic amines) is 2. The molecule has 0 saturated carbocycles. The number of hydrogen-bond donors (Lipinski definition) is 1. The number of carbonyl (C=O) groups excluding carboxylic acids is 2. The summed E-state index contributed by atoms with van der Waals surface area (Å²) < 4.78 is 1.74. The number of amides is 2. The second-order valence-corrected chi connectivity index (χ2v) is 10.4. The molecule has 1 N–H and O–H groups in total. The fraction of sp³-hybridized carbons (Fsp3) is 0.357. The van der Waals surface area contributed by atoms with Crippen molar-refractivity contribution in [1.29, 1.82) is 0 Å². The van der Waals surface area contributed by atoms with Gasteiger partial charge in [-0.3, -0.25) is 19.4 Å². The predicted molar refractivity (Wildman–Crippen MR) is 137 cm³/mol. The van der Waals surface area contributed by atoms with Crippen LogP contribution < -0.4 is 0 Å². The summed E-state index contributed by atoms with van der Waals surface area (Å²) in [6.07, 6.45) is 5.51. The Bertz CT molecular complexity index is 1420. The molecule has 2 saturated heterocycles. The number of fused-ring (bicyclic) bond motifs is 1. The first kappa shape index (κ1) is 22.5. The summed E-state index contributed by atoms with van der Waals surface area (Å²) in [5.41, 5.74) is 4.72. The molecule has 4 heterocycles. The Morgan fingerprint density at radius 1 is 1.00 bits per heavy atom. The largest absolute Gasteiger partial charge is 0.341 e. The molecule has 184 valence electrons. The molecule has 2 amide bonds. The van der Waals surface area contributed by atoms with E-state index in [1.807, 2.05) is 66.2 Å². The van der Waals surface area contributed by atoms with Gasteiger partial charge >= 0.3 is 0 Å². The maximum atomic E-state index is 13.3. The van der Waals surface area contributed by atoms with Gasteiger partial charge in [0.2, 0.25) is 5.91 Å². The van der Waals surface area contributed by atoms with Crippen LogP contribution in [0.4, 0.5) is 0 Å². The Morgan fingerprint density at radius 2 is 1.75 bits per heavy atom. The summed E-state index contributed by atoms with van der Waals surface area (Å²) >= 11 is 0. The molecule has 2 aromatic carbocycles. The molecule has 0 radical (unpaired) electrons. The second-order valence-electron chi connectivity index (χ2n) is 10.4. The van der Waals surface area contributed by atoms with Gasteiger partial charge < -0.3 is 9.80 Å². The van der Waals surface area contributed by atoms with Crippen molar-refractivity contribution in [1.82, 2.24) is 29.8 Å². The van der Waals surface area contributed by atoms with Crippen LogP contribution >= 0.6 is 0 Å². The highest BCUT2D eigenvalue weighted by Crippen LogP contribution is 2.41. The number of benzene rings is 2. The van der Waals surface area contributed by atoms with Gasteiger partial charge in [0, 0.05) is 43.2 Å². The topological polar surface area (TPSA) is 87.1 Å². The van der Waals surface area contributed by atoms with Gasteiger partial charge in [0.15, 0.2) is 5.69 Å². The van der Waals surface area contributed by atoms with Crippen molar-refractivity contribution >= 4 is 22.7 Å². The quantitative estimate of drug-likeness (QED) is 0.475. The van der Waals surface area contributed by atoms with Crippen LogP contribution in [0.2, 0.25) is 0 Å². The van der Waals surface area contributed by atoms with E-state index in [0.29, 0.717) is 5.69 Å². The van der Waals surface area contributed by atoms with Crippen LogP contribution in [0.25, 0.3) is 22.0 Å². The first-order valence-electron chi connectivity index (χ1n) is 12.5. The zero-order valence-corrected chi connectivity index (χ0v) is 20.6. The van der Waals surface area contributed by atoms with Gasteiger partial charge in [0.05, 0.1) is 11.7 Å². The highest BCUT2D eigenvalue weighted by Gasteiger charge is 2.48. The zero-order valence-electron chi connectivity index (χ0n) is 20.6. The van der Waals surface area contributed by atoms with Gasteiger partial charge in [-0.05, 0) is 55.5 Å². The monoisotopic (exact) mass is 482 g/mol. The van der Waals surface area contributed by atoms with Crippen LogP contribution in [0, 0.1) is 12.3 Å². The van der Waals surface area contributed by atoms with Crippen LogP contribution in [-0.4, -0.2) is 67.8 Å². The van der Waals surface area contributed by atoms with E-state index in [-0.39, 0.29) is 23.3 Å². The molecule has 0 bridgehead atoms. The third-order valence-electron chi connectivity index (χ3n) is 7.83. The maximum Gasteiger partial charge on any atom is 0.275 e. The van der Waals surface area contributed by atoms with Crippen molar-refractivity contribution in [2.75, 3.05) is 26.2 Å². The van der Waals surface area contributed by atoms with Crippen molar-refractivity contribution in [2.45, 2.75) is 32.7 Å². The Balaban J connectivity index is 1.08. The van der Waals surface area contributed by atoms with Crippen molar-refractivity contribution in [3.8, 4) is 11.1 Å². The van der Waals surface area contributed by atoms with Gasteiger partial charge in [-0.25, -0.2) is 0 Å². The van der Waals surface area contributed by atoms with Crippen LogP contribution in [0.3, 0.4) is 0 Å². The second kappa shape index (κ2) is 8.62. The zero-order chi connectivity index (χ0) is 24.9. The van der Waals surface area contributed by atoms with E-state index in [4.69, 9.17) is 0 Å². The summed E-state index contributed by atoms with van der Waals surface area (Å²) in [6.45, 7) is 6.76. The summed E-state index contributed by atoms with van der Waals surface area (Å²) in [6, 6.07) is 15.9. The SMILES string of the molecule is Cc1cnn(C(C)C(=O)N2CCC3(CC2)CN(C(=O)c2n[nH]c4cc(-c5ccccc5)ccc24)C3)c1. The number of aromatic amines is 1. The van der Waals surface area contributed by atoms with Crippen molar-refractivity contribution in [2.24, 2.45) is 5.41 Å². The van der Waals surface area contributed by atoms with Gasteiger partial charge in [-0.15, -0.1) is 0 Å². The number of rotatable bonds is 4. The molecule has 2 aliphatic rings. The number of nitrogens with one attached hydrogen (secondary N) is 1. The van der Waals surface area contributed by atoms with Crippen LogP contribution in [0.5, 0.6) is 0 Å². The fourth-order valence-electron chi connectivity index (χ4n) is 5.59. The average molecular weight is 483 g/mol. The van der Waals surface area contributed by atoms with Gasteiger partial charge in [0.25, 0.3) is 5.91 Å². The third-order valence-corrected chi connectivity index (χ3v) is 7.83. The number of nitrogens with zero attached hydrogens (tertiary/aromatic N) is 5. The normalized spacial score (nSPS) is 17.8. The minimum Gasteiger partial charge on any atom is -0.341 e. The first-order chi connectivity index (χ1) is 17.4. The summed E-state index contributed by atoms with van der Waals surface area (Å²) in [4.78, 5) is 30.1. The molecule has 2 aliphatic heterocycles. The van der Waals surface area contributed by atoms with Crippen LogP contribution in [0.1, 0.15) is 41.9 Å². The van der Waals surface area contributed by atoms with E-state index in [1.54, 1.807) is 10.9 Å². The smallest absolute Gasteiger partial charge is 0.275 e. The summed E-state index contributed by atoms with van der Waals surface area (Å²) in [5, 5.41) is 12.6. The lowest BCUT2D eigenvalue weighted by Gasteiger charge is -2.53. The Labute approximate surface area is 209 Å². The Morgan fingerprint density at radius 3 is 2.44 bits per heavy atom. The fourth-order valence-corrected chi connectivity index (χ4v) is 5.59. The van der Waals surface area contributed by atoms with Crippen molar-refractivity contribution in [3.05, 3.63) is 72.2 Å². The first-order valence-corrected chi connectivity index (χ1v) is 12.5. The summed E-state index contributed by atoms with van der Waals surface area (Å²) in [7, 11) is 0. The molecular formula is C28H30N6O2. The van der Waals surface area contributed by atoms with E-state index in [2.05, 4.69) is 27.4 Å². The molecule has 8 heteroatoms. The van der Waals surface area contributed by atoms with Crippen LogP contribution in [-0.2, 0) is 4.79 Å². The van der Waals surface area contributed by atoms with E-state index < -0.39 is 0 Å². The lowest BCUT2D eigenvalue weighted by atomic mass is 9.71. The number of hydrogen-bond acceptors (Lipinski definition) is 4. The average Bonchev–Trinajstić information content (AvgIpc) is 3.52. The molecule has 8 nitrogen and oxygen atoms in total. The molecule has 6 rings (SSSR count). The minimum absolute atomic E-state index is 0.0273. The van der Waals surface area contributed by atoms with Crippen molar-refractivity contribution in [3.63, 3.8) is 0 Å². The molecular weight excluding hydrogens is 452 g/mol. The molecule has 2 fully saturated rings. The highest BCUT2D eigenvalue weighted by atomic mass is 16.2. The molecule has 0 aliphatic carbocycles. The number of aromatic nitrogens is 4. The number of aryl methyl sites for hydroxylation is 1. The molecule has 4 aromatic rings. The van der Waals surface area contributed by atoms with Gasteiger partial charge in [-0.2, -0.15) is 10.2 Å². The standard InChI is InChI=1S/C28H30N6O2/c1-19-15-29-34(16-19)20(2)26(35)32-12-10-28(11-13-32)17-33(18-28)27(36)25-23-9-8-22(14-24(23)30-31-25)21-6-4-3-5-7-21/h3-9,14-16,20H,10-13,17-18H2,1-2H3,(H,30,31). The molecule has 1 unspecified atom stereocenters.